The van der Waals surface area contributed by atoms with Crippen LogP contribution in [0.5, 0.6) is 11.6 Å². The Hall–Kier alpha value is -1.94. The Labute approximate surface area is 111 Å². The number of ether oxygens (including phenoxy) is 1. The summed E-state index contributed by atoms with van der Waals surface area (Å²) in [5.74, 6) is 0.822. The quantitative estimate of drug-likeness (QED) is 0.893. The molecule has 2 aromatic rings. The zero-order chi connectivity index (χ0) is 13.1. The maximum absolute atomic E-state index is 13.3. The van der Waals surface area contributed by atoms with Crippen LogP contribution in [0.4, 0.5) is 4.39 Å². The number of nitrogens with one attached hydrogen (secondary N) is 1. The Morgan fingerprint density at radius 2 is 2.05 bits per heavy atom. The van der Waals surface area contributed by atoms with Gasteiger partial charge in [-0.15, -0.1) is 0 Å². The summed E-state index contributed by atoms with van der Waals surface area (Å²) in [4.78, 5) is 4.03. The lowest BCUT2D eigenvalue weighted by Gasteiger charge is -2.10. The van der Waals surface area contributed by atoms with Crippen molar-refractivity contribution in [1.82, 2.24) is 10.3 Å². The second kappa shape index (κ2) is 5.36. The van der Waals surface area contributed by atoms with E-state index in [1.807, 2.05) is 30.3 Å². The highest BCUT2D eigenvalue weighted by atomic mass is 19.1. The molecule has 0 atom stereocenters. The molecule has 0 unspecified atom stereocenters. The van der Waals surface area contributed by atoms with Gasteiger partial charge in [0.05, 0.1) is 6.20 Å². The van der Waals surface area contributed by atoms with Gasteiger partial charge in [-0.05, 0) is 31.0 Å². The number of para-hydroxylation sites is 1. The van der Waals surface area contributed by atoms with Crippen molar-refractivity contribution < 1.29 is 9.13 Å². The molecule has 1 heterocycles. The monoisotopic (exact) mass is 258 g/mol. The number of hydrogen-bond acceptors (Lipinski definition) is 3. The molecule has 1 aromatic carbocycles. The Kier molecular flexibility index (Phi) is 3.42. The smallest absolute Gasteiger partial charge is 0.223 e. The zero-order valence-electron chi connectivity index (χ0n) is 10.5. The van der Waals surface area contributed by atoms with Crippen molar-refractivity contribution in [2.75, 3.05) is 0 Å². The average Bonchev–Trinajstić information content (AvgIpc) is 3.24. The molecule has 4 heteroatoms. The summed E-state index contributed by atoms with van der Waals surface area (Å²) in [6.45, 7) is 0.581. The molecule has 98 valence electrons. The van der Waals surface area contributed by atoms with Gasteiger partial charge in [0.1, 0.15) is 11.6 Å². The predicted molar refractivity (Wildman–Crippen MR) is 70.6 cm³/mol. The molecule has 0 saturated heterocycles. The Morgan fingerprint density at radius 3 is 2.79 bits per heavy atom. The average molecular weight is 258 g/mol. The molecule has 1 N–H and O–H groups in total. The van der Waals surface area contributed by atoms with Gasteiger partial charge in [0.15, 0.2) is 0 Å². The summed E-state index contributed by atoms with van der Waals surface area (Å²) in [5, 5.41) is 3.34. The van der Waals surface area contributed by atoms with Crippen molar-refractivity contribution in [3.8, 4) is 11.6 Å². The maximum atomic E-state index is 13.3. The van der Waals surface area contributed by atoms with Crippen molar-refractivity contribution in [3.05, 3.63) is 54.0 Å². The third-order valence-electron chi connectivity index (χ3n) is 3.01. The number of aromatic nitrogens is 1. The van der Waals surface area contributed by atoms with E-state index in [4.69, 9.17) is 4.74 Å². The van der Waals surface area contributed by atoms with Gasteiger partial charge in [-0.3, -0.25) is 0 Å². The van der Waals surface area contributed by atoms with Crippen LogP contribution in [0.15, 0.2) is 42.6 Å². The summed E-state index contributed by atoms with van der Waals surface area (Å²) in [7, 11) is 0. The molecule has 1 saturated carbocycles. The van der Waals surface area contributed by atoms with Gasteiger partial charge in [0.2, 0.25) is 5.88 Å². The van der Waals surface area contributed by atoms with E-state index in [9.17, 15) is 4.39 Å². The lowest BCUT2D eigenvalue weighted by atomic mass is 10.2. The number of halogens is 1. The van der Waals surface area contributed by atoms with Crippen molar-refractivity contribution in [1.29, 1.82) is 0 Å². The van der Waals surface area contributed by atoms with Crippen LogP contribution < -0.4 is 10.1 Å². The maximum Gasteiger partial charge on any atom is 0.223 e. The fourth-order valence-electron chi connectivity index (χ4n) is 1.83. The van der Waals surface area contributed by atoms with Crippen LogP contribution in [0, 0.1) is 5.82 Å². The SMILES string of the molecule is Fc1cnc(Oc2ccccc2)c(CNC2CC2)c1. The van der Waals surface area contributed by atoms with E-state index < -0.39 is 0 Å². The van der Waals surface area contributed by atoms with Crippen LogP contribution in [0.1, 0.15) is 18.4 Å². The van der Waals surface area contributed by atoms with Crippen molar-refractivity contribution in [3.63, 3.8) is 0 Å². The molecule has 0 aliphatic heterocycles. The van der Waals surface area contributed by atoms with Crippen LogP contribution >= 0.6 is 0 Å². The molecule has 0 spiro atoms. The van der Waals surface area contributed by atoms with Gasteiger partial charge in [-0.1, -0.05) is 18.2 Å². The van der Waals surface area contributed by atoms with Crippen LogP contribution in [0.25, 0.3) is 0 Å². The highest BCUT2D eigenvalue weighted by Gasteiger charge is 2.21. The van der Waals surface area contributed by atoms with Gasteiger partial charge >= 0.3 is 0 Å². The first-order valence-electron chi connectivity index (χ1n) is 6.42. The highest BCUT2D eigenvalue weighted by molar-refractivity contribution is 5.32. The van der Waals surface area contributed by atoms with Crippen LogP contribution in [0.3, 0.4) is 0 Å². The van der Waals surface area contributed by atoms with Gasteiger partial charge < -0.3 is 10.1 Å². The van der Waals surface area contributed by atoms with E-state index >= 15 is 0 Å². The molecule has 0 amide bonds. The number of rotatable bonds is 5. The van der Waals surface area contributed by atoms with Crippen LogP contribution in [-0.4, -0.2) is 11.0 Å². The van der Waals surface area contributed by atoms with Crippen molar-refractivity contribution in [2.45, 2.75) is 25.4 Å². The fraction of sp³-hybridized carbons (Fsp3) is 0.267. The minimum atomic E-state index is -0.340. The van der Waals surface area contributed by atoms with Crippen molar-refractivity contribution in [2.24, 2.45) is 0 Å². The first kappa shape index (κ1) is 12.1. The molecule has 1 aliphatic carbocycles. The molecule has 19 heavy (non-hydrogen) atoms. The molecule has 0 radical (unpaired) electrons. The number of pyridine rings is 1. The molecule has 3 rings (SSSR count). The molecule has 1 fully saturated rings. The lowest BCUT2D eigenvalue weighted by Crippen LogP contribution is -2.16. The normalized spacial score (nSPS) is 14.4. The van der Waals surface area contributed by atoms with E-state index in [0.29, 0.717) is 24.2 Å². The van der Waals surface area contributed by atoms with Gasteiger partial charge in [-0.2, -0.15) is 0 Å². The number of hydrogen-bond donors (Lipinski definition) is 1. The van der Waals surface area contributed by atoms with Crippen molar-refractivity contribution >= 4 is 0 Å². The second-order valence-electron chi connectivity index (χ2n) is 4.69. The third-order valence-corrected chi connectivity index (χ3v) is 3.01. The summed E-state index contributed by atoms with van der Waals surface area (Å²) in [6, 6.07) is 11.4. The van der Waals surface area contributed by atoms with Crippen LogP contribution in [0.2, 0.25) is 0 Å². The minimum Gasteiger partial charge on any atom is -0.439 e. The fourth-order valence-corrected chi connectivity index (χ4v) is 1.83. The highest BCUT2D eigenvalue weighted by Crippen LogP contribution is 2.25. The molecular formula is C15H15FN2O. The van der Waals surface area contributed by atoms with Crippen LogP contribution in [-0.2, 0) is 6.54 Å². The van der Waals surface area contributed by atoms with E-state index in [1.54, 1.807) is 0 Å². The molecule has 3 nitrogen and oxygen atoms in total. The zero-order valence-corrected chi connectivity index (χ0v) is 10.5. The summed E-state index contributed by atoms with van der Waals surface area (Å²) in [6.07, 6.45) is 3.56. The first-order chi connectivity index (χ1) is 9.31. The first-order valence-corrected chi connectivity index (χ1v) is 6.42. The molecular weight excluding hydrogens is 243 g/mol. The van der Waals surface area contributed by atoms with Gasteiger partial charge in [0, 0.05) is 18.2 Å². The summed E-state index contributed by atoms with van der Waals surface area (Å²) in [5.41, 5.74) is 0.746. The number of benzene rings is 1. The van der Waals surface area contributed by atoms with Gasteiger partial charge in [0.25, 0.3) is 0 Å². The second-order valence-corrected chi connectivity index (χ2v) is 4.69. The topological polar surface area (TPSA) is 34.1 Å². The van der Waals surface area contributed by atoms with E-state index in [1.165, 1.54) is 25.1 Å². The Morgan fingerprint density at radius 1 is 1.26 bits per heavy atom. The minimum absolute atomic E-state index is 0.340. The van der Waals surface area contributed by atoms with E-state index in [2.05, 4.69) is 10.3 Å². The lowest BCUT2D eigenvalue weighted by molar-refractivity contribution is 0.448. The predicted octanol–water partition coefficient (Wildman–Crippen LogP) is 3.27. The summed E-state index contributed by atoms with van der Waals surface area (Å²) >= 11 is 0. The third kappa shape index (κ3) is 3.29. The van der Waals surface area contributed by atoms with E-state index in [-0.39, 0.29) is 5.82 Å². The van der Waals surface area contributed by atoms with Gasteiger partial charge in [-0.25, -0.2) is 9.37 Å². The standard InChI is InChI=1S/C15H15FN2O/c16-12-8-11(9-17-13-6-7-13)15(18-10-12)19-14-4-2-1-3-5-14/h1-5,8,10,13,17H,6-7,9H2. The van der Waals surface area contributed by atoms with E-state index in [0.717, 1.165) is 5.56 Å². The number of nitrogens with zero attached hydrogens (tertiary/aromatic N) is 1. The largest absolute Gasteiger partial charge is 0.439 e. The molecule has 1 aliphatic rings. The Balaban J connectivity index is 1.78. The molecule has 1 aromatic heterocycles. The summed E-state index contributed by atoms with van der Waals surface area (Å²) < 4.78 is 19.0. The molecule has 0 bridgehead atoms. The Bertz CT molecular complexity index is 555.